The van der Waals surface area contributed by atoms with Crippen molar-refractivity contribution >= 4 is 33.4 Å². The van der Waals surface area contributed by atoms with Crippen LogP contribution < -0.4 is 10.6 Å². The first kappa shape index (κ1) is 17.8. The monoisotopic (exact) mass is 413 g/mol. The number of anilines is 1. The van der Waals surface area contributed by atoms with E-state index in [0.29, 0.717) is 17.1 Å². The van der Waals surface area contributed by atoms with E-state index in [9.17, 15) is 9.59 Å². The van der Waals surface area contributed by atoms with Gasteiger partial charge in [-0.25, -0.2) is 9.67 Å². The van der Waals surface area contributed by atoms with Crippen LogP contribution in [0.2, 0.25) is 0 Å². The summed E-state index contributed by atoms with van der Waals surface area (Å²) in [6.07, 6.45) is 4.85. The van der Waals surface area contributed by atoms with Crippen molar-refractivity contribution in [1.29, 1.82) is 0 Å². The van der Waals surface area contributed by atoms with Gasteiger partial charge >= 0.3 is 0 Å². The molecule has 0 aliphatic heterocycles. The molecule has 0 unspecified atom stereocenters. The Morgan fingerprint density at radius 2 is 2.08 bits per heavy atom. The lowest BCUT2D eigenvalue weighted by Gasteiger charge is -2.10. The van der Waals surface area contributed by atoms with Gasteiger partial charge in [0.2, 0.25) is 5.91 Å². The lowest BCUT2D eigenvalue weighted by molar-refractivity contribution is -0.115. The van der Waals surface area contributed by atoms with Crippen LogP contribution >= 0.6 is 15.9 Å². The van der Waals surface area contributed by atoms with Crippen molar-refractivity contribution in [2.45, 2.75) is 6.92 Å². The molecule has 0 aliphatic carbocycles. The van der Waals surface area contributed by atoms with Crippen LogP contribution in [-0.2, 0) is 4.79 Å². The van der Waals surface area contributed by atoms with Crippen LogP contribution in [0, 0.1) is 6.92 Å². The van der Waals surface area contributed by atoms with E-state index in [2.05, 4.69) is 36.6 Å². The topological polar surface area (TPSA) is 88.9 Å². The Morgan fingerprint density at radius 3 is 2.73 bits per heavy atom. The molecule has 1 aromatic carbocycles. The van der Waals surface area contributed by atoms with E-state index in [-0.39, 0.29) is 18.4 Å². The average Bonchev–Trinajstić information content (AvgIpc) is 3.17. The molecule has 7 nitrogen and oxygen atoms in total. The minimum absolute atomic E-state index is 0.130. The van der Waals surface area contributed by atoms with Gasteiger partial charge in [-0.05, 0) is 48.9 Å². The zero-order valence-corrected chi connectivity index (χ0v) is 15.5. The SMILES string of the molecule is Cc1cc(Br)ccc1NC(=O)CNC(=O)c1ccc(-n2cccn2)nc1. The van der Waals surface area contributed by atoms with Gasteiger partial charge in [-0.3, -0.25) is 9.59 Å². The molecule has 0 spiro atoms. The number of halogens is 1. The van der Waals surface area contributed by atoms with Crippen molar-refractivity contribution in [1.82, 2.24) is 20.1 Å². The van der Waals surface area contributed by atoms with Crippen molar-refractivity contribution in [2.24, 2.45) is 0 Å². The average molecular weight is 414 g/mol. The number of aryl methyl sites for hydroxylation is 1. The van der Waals surface area contributed by atoms with E-state index in [0.717, 1.165) is 10.0 Å². The first-order valence-electron chi connectivity index (χ1n) is 7.83. The second kappa shape index (κ2) is 7.92. The van der Waals surface area contributed by atoms with Gasteiger partial charge in [-0.2, -0.15) is 5.10 Å². The van der Waals surface area contributed by atoms with Gasteiger partial charge < -0.3 is 10.6 Å². The molecular formula is C18H16BrN5O2. The summed E-state index contributed by atoms with van der Waals surface area (Å²) >= 11 is 3.37. The molecule has 0 radical (unpaired) electrons. The van der Waals surface area contributed by atoms with E-state index < -0.39 is 0 Å². The molecular weight excluding hydrogens is 398 g/mol. The van der Waals surface area contributed by atoms with Gasteiger partial charge in [0, 0.05) is 28.8 Å². The number of hydrogen-bond acceptors (Lipinski definition) is 4. The number of nitrogens with zero attached hydrogens (tertiary/aromatic N) is 3. The fourth-order valence-electron chi connectivity index (χ4n) is 2.28. The predicted molar refractivity (Wildman–Crippen MR) is 101 cm³/mol. The summed E-state index contributed by atoms with van der Waals surface area (Å²) in [5, 5.41) is 9.42. The number of nitrogens with one attached hydrogen (secondary N) is 2. The van der Waals surface area contributed by atoms with Crippen LogP contribution in [0.15, 0.2) is 59.5 Å². The van der Waals surface area contributed by atoms with Gasteiger partial charge in [-0.1, -0.05) is 15.9 Å². The van der Waals surface area contributed by atoms with Gasteiger partial charge in [0.1, 0.15) is 0 Å². The molecule has 8 heteroatoms. The van der Waals surface area contributed by atoms with Gasteiger partial charge in [0.05, 0.1) is 12.1 Å². The summed E-state index contributed by atoms with van der Waals surface area (Å²) in [6.45, 7) is 1.76. The van der Waals surface area contributed by atoms with Crippen LogP contribution in [-0.4, -0.2) is 33.1 Å². The largest absolute Gasteiger partial charge is 0.343 e. The summed E-state index contributed by atoms with van der Waals surface area (Å²) in [7, 11) is 0. The first-order valence-corrected chi connectivity index (χ1v) is 8.62. The summed E-state index contributed by atoms with van der Waals surface area (Å²) in [4.78, 5) is 28.4. The number of benzene rings is 1. The Labute approximate surface area is 158 Å². The molecule has 132 valence electrons. The Balaban J connectivity index is 1.55. The molecule has 0 atom stereocenters. The third-order valence-corrected chi connectivity index (χ3v) is 4.11. The molecule has 3 rings (SSSR count). The second-order valence-electron chi connectivity index (χ2n) is 5.55. The molecule has 2 heterocycles. The Morgan fingerprint density at radius 1 is 1.23 bits per heavy atom. The Kier molecular flexibility index (Phi) is 5.43. The molecule has 3 aromatic rings. The van der Waals surface area contributed by atoms with E-state index in [4.69, 9.17) is 0 Å². The first-order chi connectivity index (χ1) is 12.5. The highest BCUT2D eigenvalue weighted by Crippen LogP contribution is 2.19. The number of aromatic nitrogens is 3. The molecule has 0 saturated heterocycles. The maximum absolute atomic E-state index is 12.2. The molecule has 0 aliphatic rings. The van der Waals surface area contributed by atoms with Crippen molar-refractivity contribution in [3.8, 4) is 5.82 Å². The highest BCUT2D eigenvalue weighted by Gasteiger charge is 2.10. The number of rotatable bonds is 5. The highest BCUT2D eigenvalue weighted by molar-refractivity contribution is 9.10. The molecule has 0 bridgehead atoms. The van der Waals surface area contributed by atoms with E-state index in [1.807, 2.05) is 19.1 Å². The third-order valence-electron chi connectivity index (χ3n) is 3.62. The standard InChI is InChI=1S/C18H16BrN5O2/c1-12-9-14(19)4-5-15(12)23-17(25)11-21-18(26)13-3-6-16(20-10-13)24-8-2-7-22-24/h2-10H,11H2,1H3,(H,21,26)(H,23,25). The fourth-order valence-corrected chi connectivity index (χ4v) is 2.76. The molecule has 26 heavy (non-hydrogen) atoms. The third kappa shape index (κ3) is 4.34. The summed E-state index contributed by atoms with van der Waals surface area (Å²) in [5.74, 6) is -0.0629. The number of hydrogen-bond donors (Lipinski definition) is 2. The van der Waals surface area contributed by atoms with Crippen LogP contribution in [0.25, 0.3) is 5.82 Å². The van der Waals surface area contributed by atoms with E-state index in [1.54, 1.807) is 41.3 Å². The lowest BCUT2D eigenvalue weighted by atomic mass is 10.2. The zero-order chi connectivity index (χ0) is 18.5. The van der Waals surface area contributed by atoms with Crippen molar-refractivity contribution in [2.75, 3.05) is 11.9 Å². The van der Waals surface area contributed by atoms with Gasteiger partial charge in [-0.15, -0.1) is 0 Å². The number of carbonyl (C=O) groups is 2. The number of amides is 2. The van der Waals surface area contributed by atoms with Crippen LogP contribution in [0.1, 0.15) is 15.9 Å². The highest BCUT2D eigenvalue weighted by atomic mass is 79.9. The van der Waals surface area contributed by atoms with Gasteiger partial charge in [0.25, 0.3) is 5.91 Å². The molecule has 2 N–H and O–H groups in total. The van der Waals surface area contributed by atoms with Crippen molar-refractivity contribution in [3.05, 3.63) is 70.6 Å². The quantitative estimate of drug-likeness (QED) is 0.672. The van der Waals surface area contributed by atoms with Gasteiger partial charge in [0.15, 0.2) is 5.82 Å². The van der Waals surface area contributed by atoms with Crippen LogP contribution in [0.5, 0.6) is 0 Å². The fraction of sp³-hybridized carbons (Fsp3) is 0.111. The Bertz CT molecular complexity index is 923. The molecule has 0 saturated carbocycles. The lowest BCUT2D eigenvalue weighted by Crippen LogP contribution is -2.33. The number of carbonyl (C=O) groups excluding carboxylic acids is 2. The zero-order valence-electron chi connectivity index (χ0n) is 13.9. The second-order valence-corrected chi connectivity index (χ2v) is 6.46. The molecule has 0 fully saturated rings. The summed E-state index contributed by atoms with van der Waals surface area (Å²) in [6, 6.07) is 10.7. The Hall–Kier alpha value is -3.00. The van der Waals surface area contributed by atoms with Crippen molar-refractivity contribution < 1.29 is 9.59 Å². The minimum atomic E-state index is -0.368. The summed E-state index contributed by atoms with van der Waals surface area (Å²) in [5.41, 5.74) is 2.00. The number of pyridine rings is 1. The molecule has 2 amide bonds. The van der Waals surface area contributed by atoms with E-state index >= 15 is 0 Å². The van der Waals surface area contributed by atoms with Crippen LogP contribution in [0.4, 0.5) is 5.69 Å². The maximum atomic E-state index is 12.2. The predicted octanol–water partition coefficient (Wildman–Crippen LogP) is 2.71. The normalized spacial score (nSPS) is 10.4. The smallest absolute Gasteiger partial charge is 0.253 e. The summed E-state index contributed by atoms with van der Waals surface area (Å²) < 4.78 is 2.53. The minimum Gasteiger partial charge on any atom is -0.343 e. The van der Waals surface area contributed by atoms with Crippen molar-refractivity contribution in [3.63, 3.8) is 0 Å². The maximum Gasteiger partial charge on any atom is 0.253 e. The molecule has 2 aromatic heterocycles. The van der Waals surface area contributed by atoms with E-state index in [1.165, 1.54) is 6.20 Å². The van der Waals surface area contributed by atoms with Crippen LogP contribution in [0.3, 0.4) is 0 Å².